The van der Waals surface area contributed by atoms with Gasteiger partial charge in [-0.2, -0.15) is 5.26 Å². The SMILES string of the molecule is CCOC(=O)C=Cc1ccc(F)c(C#N)c1. The molecule has 0 bridgehead atoms. The van der Waals surface area contributed by atoms with Crippen LogP contribution in [0.2, 0.25) is 0 Å². The maximum absolute atomic E-state index is 13.0. The van der Waals surface area contributed by atoms with Crippen LogP contribution in [0, 0.1) is 17.1 Å². The maximum Gasteiger partial charge on any atom is 0.330 e. The monoisotopic (exact) mass is 219 g/mol. The van der Waals surface area contributed by atoms with E-state index in [4.69, 9.17) is 5.26 Å². The molecule has 82 valence electrons. The molecule has 0 atom stereocenters. The summed E-state index contributed by atoms with van der Waals surface area (Å²) in [5.74, 6) is -1.04. The third-order valence-corrected chi connectivity index (χ3v) is 1.81. The van der Waals surface area contributed by atoms with Gasteiger partial charge in [0.05, 0.1) is 12.2 Å². The molecule has 0 spiro atoms. The van der Waals surface area contributed by atoms with Gasteiger partial charge in [-0.3, -0.25) is 0 Å². The number of nitriles is 1. The van der Waals surface area contributed by atoms with E-state index in [1.54, 1.807) is 13.0 Å². The fraction of sp³-hybridized carbons (Fsp3) is 0.167. The Morgan fingerprint density at radius 2 is 2.38 bits per heavy atom. The number of benzene rings is 1. The van der Waals surface area contributed by atoms with Crippen molar-refractivity contribution in [2.45, 2.75) is 6.92 Å². The molecule has 0 aliphatic heterocycles. The van der Waals surface area contributed by atoms with Crippen molar-refractivity contribution < 1.29 is 13.9 Å². The van der Waals surface area contributed by atoms with E-state index in [0.29, 0.717) is 12.2 Å². The quantitative estimate of drug-likeness (QED) is 0.578. The molecular weight excluding hydrogens is 209 g/mol. The second kappa shape index (κ2) is 5.66. The lowest BCUT2D eigenvalue weighted by Gasteiger charge is -1.97. The van der Waals surface area contributed by atoms with E-state index in [1.165, 1.54) is 30.4 Å². The first-order chi connectivity index (χ1) is 7.67. The Morgan fingerprint density at radius 3 is 3.00 bits per heavy atom. The zero-order chi connectivity index (χ0) is 12.0. The molecule has 0 aliphatic carbocycles. The first-order valence-electron chi connectivity index (χ1n) is 4.72. The molecule has 4 heteroatoms. The van der Waals surface area contributed by atoms with E-state index in [1.807, 2.05) is 0 Å². The van der Waals surface area contributed by atoms with Crippen molar-refractivity contribution in [3.63, 3.8) is 0 Å². The average molecular weight is 219 g/mol. The van der Waals surface area contributed by atoms with Crippen LogP contribution in [0.1, 0.15) is 18.1 Å². The van der Waals surface area contributed by atoms with Gasteiger partial charge in [-0.05, 0) is 30.7 Å². The third-order valence-electron chi connectivity index (χ3n) is 1.81. The minimum Gasteiger partial charge on any atom is -0.463 e. The zero-order valence-electron chi connectivity index (χ0n) is 8.74. The maximum atomic E-state index is 13.0. The highest BCUT2D eigenvalue weighted by atomic mass is 19.1. The lowest BCUT2D eigenvalue weighted by Crippen LogP contribution is -1.98. The van der Waals surface area contributed by atoms with Crippen molar-refractivity contribution in [1.29, 1.82) is 5.26 Å². The van der Waals surface area contributed by atoms with Crippen LogP contribution >= 0.6 is 0 Å². The van der Waals surface area contributed by atoms with Crippen LogP contribution in [-0.4, -0.2) is 12.6 Å². The summed E-state index contributed by atoms with van der Waals surface area (Å²) >= 11 is 0. The topological polar surface area (TPSA) is 50.1 Å². The summed E-state index contributed by atoms with van der Waals surface area (Å²) in [7, 11) is 0. The van der Waals surface area contributed by atoms with Crippen molar-refractivity contribution in [2.24, 2.45) is 0 Å². The molecule has 0 saturated heterocycles. The number of hydrogen-bond acceptors (Lipinski definition) is 3. The Bertz CT molecular complexity index is 461. The van der Waals surface area contributed by atoms with Crippen LogP contribution in [0.4, 0.5) is 4.39 Å². The molecule has 0 radical (unpaired) electrons. The molecule has 3 nitrogen and oxygen atoms in total. The van der Waals surface area contributed by atoms with E-state index in [0.717, 1.165) is 0 Å². The van der Waals surface area contributed by atoms with Gasteiger partial charge in [-0.25, -0.2) is 9.18 Å². The van der Waals surface area contributed by atoms with E-state index < -0.39 is 11.8 Å². The van der Waals surface area contributed by atoms with E-state index in [2.05, 4.69) is 4.74 Å². The van der Waals surface area contributed by atoms with Crippen molar-refractivity contribution in [2.75, 3.05) is 6.61 Å². The predicted octanol–water partition coefficient (Wildman–Crippen LogP) is 2.27. The van der Waals surface area contributed by atoms with Crippen molar-refractivity contribution in [1.82, 2.24) is 0 Å². The summed E-state index contributed by atoms with van der Waals surface area (Å²) < 4.78 is 17.6. The second-order valence-electron chi connectivity index (χ2n) is 2.94. The summed E-state index contributed by atoms with van der Waals surface area (Å²) in [6.45, 7) is 2.01. The molecule has 0 heterocycles. The summed E-state index contributed by atoms with van der Waals surface area (Å²) in [6.07, 6.45) is 2.70. The number of halogens is 1. The van der Waals surface area contributed by atoms with Crippen LogP contribution in [-0.2, 0) is 9.53 Å². The number of nitrogens with zero attached hydrogens (tertiary/aromatic N) is 1. The normalized spacial score (nSPS) is 10.1. The van der Waals surface area contributed by atoms with Gasteiger partial charge in [0.25, 0.3) is 0 Å². The molecule has 0 amide bonds. The predicted molar refractivity (Wildman–Crippen MR) is 56.8 cm³/mol. The lowest BCUT2D eigenvalue weighted by atomic mass is 10.1. The van der Waals surface area contributed by atoms with Gasteiger partial charge >= 0.3 is 5.97 Å². The molecular formula is C12H10FNO2. The fourth-order valence-corrected chi connectivity index (χ4v) is 1.09. The first kappa shape index (κ1) is 11.9. The summed E-state index contributed by atoms with van der Waals surface area (Å²) in [6, 6.07) is 5.75. The molecule has 0 saturated carbocycles. The van der Waals surface area contributed by atoms with Crippen molar-refractivity contribution in [3.05, 3.63) is 41.2 Å². The number of ether oxygens (including phenoxy) is 1. The van der Waals surface area contributed by atoms with Gasteiger partial charge in [-0.15, -0.1) is 0 Å². The average Bonchev–Trinajstić information content (AvgIpc) is 2.28. The Balaban J connectivity index is 2.83. The smallest absolute Gasteiger partial charge is 0.330 e. The minimum absolute atomic E-state index is 0.0500. The molecule has 1 rings (SSSR count). The Labute approximate surface area is 92.8 Å². The number of carbonyl (C=O) groups is 1. The van der Waals surface area contributed by atoms with E-state index >= 15 is 0 Å². The fourth-order valence-electron chi connectivity index (χ4n) is 1.09. The lowest BCUT2D eigenvalue weighted by molar-refractivity contribution is -0.137. The first-order valence-corrected chi connectivity index (χ1v) is 4.72. The second-order valence-corrected chi connectivity index (χ2v) is 2.94. The highest BCUT2D eigenvalue weighted by molar-refractivity contribution is 5.87. The standard InChI is InChI=1S/C12H10FNO2/c1-2-16-12(15)6-4-9-3-5-11(13)10(7-9)8-14/h3-7H,2H2,1H3. The van der Waals surface area contributed by atoms with Crippen LogP contribution in [0.5, 0.6) is 0 Å². The number of carbonyl (C=O) groups excluding carboxylic acids is 1. The van der Waals surface area contributed by atoms with Gasteiger partial charge in [0, 0.05) is 6.08 Å². The summed E-state index contributed by atoms with van der Waals surface area (Å²) in [5, 5.41) is 8.60. The molecule has 0 fully saturated rings. The number of hydrogen-bond donors (Lipinski definition) is 0. The third kappa shape index (κ3) is 3.21. The van der Waals surface area contributed by atoms with Gasteiger partial charge in [0.2, 0.25) is 0 Å². The van der Waals surface area contributed by atoms with Gasteiger partial charge in [-0.1, -0.05) is 6.07 Å². The van der Waals surface area contributed by atoms with Crippen molar-refractivity contribution in [3.8, 4) is 6.07 Å². The minimum atomic E-state index is -0.573. The molecule has 0 aromatic heterocycles. The van der Waals surface area contributed by atoms with Crippen LogP contribution in [0.25, 0.3) is 6.08 Å². The largest absolute Gasteiger partial charge is 0.463 e. The molecule has 1 aromatic rings. The van der Waals surface area contributed by atoms with Gasteiger partial charge in [0.1, 0.15) is 11.9 Å². The Morgan fingerprint density at radius 1 is 1.62 bits per heavy atom. The molecule has 0 N–H and O–H groups in total. The van der Waals surface area contributed by atoms with Gasteiger partial charge in [0.15, 0.2) is 0 Å². The Kier molecular flexibility index (Phi) is 4.22. The number of rotatable bonds is 3. The van der Waals surface area contributed by atoms with Crippen LogP contribution in [0.3, 0.4) is 0 Å². The highest BCUT2D eigenvalue weighted by Crippen LogP contribution is 2.10. The highest BCUT2D eigenvalue weighted by Gasteiger charge is 2.01. The summed E-state index contributed by atoms with van der Waals surface area (Å²) in [5.41, 5.74) is 0.525. The van der Waals surface area contributed by atoms with Crippen LogP contribution in [0.15, 0.2) is 24.3 Å². The van der Waals surface area contributed by atoms with Crippen molar-refractivity contribution >= 4 is 12.0 Å². The van der Waals surface area contributed by atoms with Crippen LogP contribution < -0.4 is 0 Å². The molecule has 1 aromatic carbocycles. The Hall–Kier alpha value is -2.15. The molecule has 0 aliphatic rings. The molecule has 0 unspecified atom stereocenters. The van der Waals surface area contributed by atoms with E-state index in [9.17, 15) is 9.18 Å². The van der Waals surface area contributed by atoms with E-state index in [-0.39, 0.29) is 5.56 Å². The number of esters is 1. The van der Waals surface area contributed by atoms with Gasteiger partial charge < -0.3 is 4.74 Å². The zero-order valence-corrected chi connectivity index (χ0v) is 8.74. The summed E-state index contributed by atoms with van der Waals surface area (Å²) in [4.78, 5) is 11.0. The molecule has 16 heavy (non-hydrogen) atoms.